The summed E-state index contributed by atoms with van der Waals surface area (Å²) < 4.78 is 34.2. The molecule has 0 aliphatic rings. The normalized spacial score (nSPS) is 12.1. The summed E-state index contributed by atoms with van der Waals surface area (Å²) in [7, 11) is -2.85. The third kappa shape index (κ3) is 7.90. The Labute approximate surface area is 245 Å². The van der Waals surface area contributed by atoms with Gasteiger partial charge < -0.3 is 15.0 Å². The Hall–Kier alpha value is -3.27. The van der Waals surface area contributed by atoms with Crippen LogP contribution in [0.15, 0.2) is 77.7 Å². The van der Waals surface area contributed by atoms with Crippen molar-refractivity contribution in [1.82, 2.24) is 10.2 Å². The maximum atomic E-state index is 14.0. The van der Waals surface area contributed by atoms with Gasteiger partial charge in [-0.05, 0) is 60.9 Å². The summed E-state index contributed by atoms with van der Waals surface area (Å²) in [5.74, 6) is -0.528. The van der Waals surface area contributed by atoms with Crippen LogP contribution in [0.3, 0.4) is 0 Å². The van der Waals surface area contributed by atoms with Crippen molar-refractivity contribution in [2.24, 2.45) is 5.92 Å². The zero-order chi connectivity index (χ0) is 29.4. The van der Waals surface area contributed by atoms with Gasteiger partial charge in [0.2, 0.25) is 11.8 Å². The van der Waals surface area contributed by atoms with Crippen LogP contribution in [0.2, 0.25) is 10.0 Å². The Bertz CT molecular complexity index is 1420. The summed E-state index contributed by atoms with van der Waals surface area (Å²) in [6.07, 6.45) is 0. The number of ether oxygens (including phenoxy) is 1. The number of amides is 2. The van der Waals surface area contributed by atoms with Gasteiger partial charge in [-0.15, -0.1) is 0 Å². The summed E-state index contributed by atoms with van der Waals surface area (Å²) in [6, 6.07) is 18.3. The van der Waals surface area contributed by atoms with Crippen LogP contribution in [0, 0.1) is 5.92 Å². The second kappa shape index (κ2) is 13.9. The number of halogens is 2. The minimum Gasteiger partial charge on any atom is -0.495 e. The number of carbonyl (C=O) groups excluding carboxylic acids is 2. The number of nitrogens with one attached hydrogen (secondary N) is 1. The van der Waals surface area contributed by atoms with E-state index in [9.17, 15) is 18.0 Å². The fraction of sp³-hybridized carbons (Fsp3) is 0.310. The van der Waals surface area contributed by atoms with Crippen molar-refractivity contribution in [2.75, 3.05) is 24.5 Å². The van der Waals surface area contributed by atoms with Crippen molar-refractivity contribution in [1.29, 1.82) is 0 Å². The van der Waals surface area contributed by atoms with Crippen molar-refractivity contribution < 1.29 is 22.7 Å². The average molecular weight is 607 g/mol. The van der Waals surface area contributed by atoms with Crippen molar-refractivity contribution in [3.63, 3.8) is 0 Å². The van der Waals surface area contributed by atoms with Gasteiger partial charge in [0.05, 0.1) is 17.7 Å². The first-order chi connectivity index (χ1) is 18.9. The van der Waals surface area contributed by atoms with Crippen molar-refractivity contribution in [3.05, 3.63) is 88.4 Å². The van der Waals surface area contributed by atoms with Crippen LogP contribution in [0.1, 0.15) is 26.3 Å². The van der Waals surface area contributed by atoms with Gasteiger partial charge in [-0.2, -0.15) is 0 Å². The van der Waals surface area contributed by atoms with Crippen molar-refractivity contribution >= 4 is 50.7 Å². The monoisotopic (exact) mass is 605 g/mol. The van der Waals surface area contributed by atoms with Crippen molar-refractivity contribution in [2.45, 2.75) is 38.3 Å². The van der Waals surface area contributed by atoms with Crippen LogP contribution in [-0.2, 0) is 26.2 Å². The molecule has 3 rings (SSSR count). The minimum atomic E-state index is -4.25. The fourth-order valence-electron chi connectivity index (χ4n) is 3.91. The Morgan fingerprint density at radius 2 is 1.55 bits per heavy atom. The second-order valence-corrected chi connectivity index (χ2v) is 12.3. The van der Waals surface area contributed by atoms with Crippen LogP contribution in [0.5, 0.6) is 5.75 Å². The van der Waals surface area contributed by atoms with E-state index in [-0.39, 0.29) is 39.7 Å². The minimum absolute atomic E-state index is 0.0168. The van der Waals surface area contributed by atoms with Gasteiger partial charge in [-0.1, -0.05) is 67.4 Å². The molecule has 0 spiro atoms. The van der Waals surface area contributed by atoms with Gasteiger partial charge in [-0.3, -0.25) is 13.9 Å². The van der Waals surface area contributed by atoms with Gasteiger partial charge in [0.25, 0.3) is 10.0 Å². The number of hydrogen-bond acceptors (Lipinski definition) is 5. The highest BCUT2D eigenvalue weighted by atomic mass is 35.5. The van der Waals surface area contributed by atoms with E-state index in [0.29, 0.717) is 11.6 Å². The number of nitrogens with zero attached hydrogens (tertiary/aromatic N) is 2. The van der Waals surface area contributed by atoms with E-state index >= 15 is 0 Å². The first kappa shape index (κ1) is 31.3. The quantitative estimate of drug-likeness (QED) is 0.299. The summed E-state index contributed by atoms with van der Waals surface area (Å²) in [5, 5.41) is 3.64. The lowest BCUT2D eigenvalue weighted by Crippen LogP contribution is -2.51. The predicted octanol–water partition coefficient (Wildman–Crippen LogP) is 5.39. The number of hydrogen-bond donors (Lipinski definition) is 1. The van der Waals surface area contributed by atoms with E-state index < -0.39 is 28.5 Å². The molecular formula is C29H33Cl2N3O5S. The summed E-state index contributed by atoms with van der Waals surface area (Å²) in [6.45, 7) is 5.42. The van der Waals surface area contributed by atoms with Crippen molar-refractivity contribution in [3.8, 4) is 5.75 Å². The Balaban J connectivity index is 2.06. The van der Waals surface area contributed by atoms with Gasteiger partial charge in [0, 0.05) is 23.1 Å². The van der Waals surface area contributed by atoms with E-state index in [1.807, 2.05) is 13.8 Å². The Morgan fingerprint density at radius 1 is 0.925 bits per heavy atom. The maximum absolute atomic E-state index is 14.0. The molecule has 0 aromatic heterocycles. The van der Waals surface area contributed by atoms with E-state index in [2.05, 4.69) is 5.32 Å². The zero-order valence-corrected chi connectivity index (χ0v) is 25.1. The summed E-state index contributed by atoms with van der Waals surface area (Å²) >= 11 is 12.3. The lowest BCUT2D eigenvalue weighted by atomic mass is 10.1. The second-order valence-electron chi connectivity index (χ2n) is 9.60. The highest BCUT2D eigenvalue weighted by Crippen LogP contribution is 2.35. The summed E-state index contributed by atoms with van der Waals surface area (Å²) in [5.41, 5.74) is 0.814. The molecule has 2 amide bonds. The van der Waals surface area contributed by atoms with Crippen LogP contribution >= 0.6 is 23.2 Å². The van der Waals surface area contributed by atoms with Crippen LogP contribution in [0.25, 0.3) is 0 Å². The molecule has 0 bridgehead atoms. The highest BCUT2D eigenvalue weighted by molar-refractivity contribution is 7.92. The molecule has 3 aromatic rings. The maximum Gasteiger partial charge on any atom is 0.264 e. The molecule has 0 saturated carbocycles. The molecule has 0 heterocycles. The average Bonchev–Trinajstić information content (AvgIpc) is 2.94. The fourth-order valence-corrected chi connectivity index (χ4v) is 5.64. The van der Waals surface area contributed by atoms with Crippen LogP contribution < -0.4 is 14.4 Å². The van der Waals surface area contributed by atoms with Gasteiger partial charge in [0.1, 0.15) is 18.3 Å². The molecule has 3 aromatic carbocycles. The molecule has 40 heavy (non-hydrogen) atoms. The predicted molar refractivity (Wildman–Crippen MR) is 158 cm³/mol. The summed E-state index contributed by atoms with van der Waals surface area (Å²) in [4.78, 5) is 28.4. The van der Waals surface area contributed by atoms with Gasteiger partial charge >= 0.3 is 0 Å². The number of methoxy groups -OCH3 is 1. The molecule has 0 aliphatic heterocycles. The lowest BCUT2D eigenvalue weighted by molar-refractivity contribution is -0.139. The SMILES string of the molecule is COc1ccc(Cl)cc1N(CC(=O)N(Cc1ccc(Cl)cc1)[C@H](C)C(=O)NCC(C)C)S(=O)(=O)c1ccccc1. The van der Waals surface area contributed by atoms with Gasteiger partial charge in [0.15, 0.2) is 0 Å². The molecule has 11 heteroatoms. The molecule has 0 aliphatic carbocycles. The lowest BCUT2D eigenvalue weighted by Gasteiger charge is -2.32. The topological polar surface area (TPSA) is 96.0 Å². The van der Waals surface area contributed by atoms with Crippen LogP contribution in [0.4, 0.5) is 5.69 Å². The first-order valence-corrected chi connectivity index (χ1v) is 14.9. The Morgan fingerprint density at radius 3 is 2.15 bits per heavy atom. The first-order valence-electron chi connectivity index (χ1n) is 12.7. The van der Waals surface area contributed by atoms with Crippen LogP contribution in [-0.4, -0.2) is 51.4 Å². The van der Waals surface area contributed by atoms with E-state index in [0.717, 1.165) is 9.87 Å². The van der Waals surface area contributed by atoms with E-state index in [1.54, 1.807) is 55.5 Å². The molecule has 8 nitrogen and oxygen atoms in total. The Kier molecular flexibility index (Phi) is 10.8. The number of anilines is 1. The number of carbonyl (C=O) groups is 2. The molecule has 0 radical (unpaired) electrons. The molecule has 1 atom stereocenters. The molecule has 1 N–H and O–H groups in total. The van der Waals surface area contributed by atoms with E-state index in [4.69, 9.17) is 27.9 Å². The zero-order valence-electron chi connectivity index (χ0n) is 22.8. The number of benzene rings is 3. The third-order valence-electron chi connectivity index (χ3n) is 6.14. The molecule has 214 valence electrons. The van der Waals surface area contributed by atoms with E-state index in [1.165, 1.54) is 36.3 Å². The van der Waals surface area contributed by atoms with Gasteiger partial charge in [-0.25, -0.2) is 8.42 Å². The molecule has 0 unspecified atom stereocenters. The molecule has 0 saturated heterocycles. The highest BCUT2D eigenvalue weighted by Gasteiger charge is 2.34. The smallest absolute Gasteiger partial charge is 0.264 e. The standard InChI is InChI=1S/C29H33Cl2N3O5S/c1-20(2)17-32-29(36)21(3)33(18-22-10-12-23(30)13-11-22)28(35)19-34(26-16-24(31)14-15-27(26)39-4)40(37,38)25-8-6-5-7-9-25/h5-16,20-21H,17-19H2,1-4H3,(H,32,36)/t21-/m1/s1. The molecule has 0 fully saturated rings. The number of sulfonamides is 1. The number of rotatable bonds is 12. The molecular weight excluding hydrogens is 573 g/mol. The third-order valence-corrected chi connectivity index (χ3v) is 8.40. The largest absolute Gasteiger partial charge is 0.495 e.